The summed E-state index contributed by atoms with van der Waals surface area (Å²) in [4.78, 5) is 10.7. The molecule has 1 unspecified atom stereocenters. The fourth-order valence-electron chi connectivity index (χ4n) is 2.43. The van der Waals surface area contributed by atoms with E-state index in [0.717, 1.165) is 32.1 Å². The smallest absolute Gasteiger partial charge is 0.242 e. The minimum absolute atomic E-state index is 0.274. The number of nitro groups is 1. The van der Waals surface area contributed by atoms with Crippen molar-refractivity contribution in [2.45, 2.75) is 97.0 Å². The lowest BCUT2D eigenvalue weighted by Gasteiger charge is -2.07. The van der Waals surface area contributed by atoms with Crippen molar-refractivity contribution in [1.29, 1.82) is 0 Å². The van der Waals surface area contributed by atoms with Crippen LogP contribution in [0.25, 0.3) is 0 Å². The molecule has 0 rings (SSSR count). The molecule has 0 aliphatic carbocycles. The zero-order valence-corrected chi connectivity index (χ0v) is 13.9. The van der Waals surface area contributed by atoms with E-state index in [0.29, 0.717) is 12.8 Å². The molecule has 1 N–H and O–H groups in total. The lowest BCUT2D eigenvalue weighted by Crippen LogP contribution is -2.08. The summed E-state index contributed by atoms with van der Waals surface area (Å²) in [6.45, 7) is 4.22. The standard InChI is InChI=1S/C17H33NO3/c1-3-5-6-7-8-9-10-11-13-16(18(20)21)14-15-17(19)12-4-2/h13,17,19H,3-12,14-15H2,1-2H3/b16-13+. The topological polar surface area (TPSA) is 63.4 Å². The van der Waals surface area contributed by atoms with Gasteiger partial charge >= 0.3 is 0 Å². The van der Waals surface area contributed by atoms with Gasteiger partial charge < -0.3 is 5.11 Å². The van der Waals surface area contributed by atoms with E-state index in [1.54, 1.807) is 6.08 Å². The Balaban J connectivity index is 3.82. The van der Waals surface area contributed by atoms with Crippen LogP contribution in [0.4, 0.5) is 0 Å². The number of aliphatic hydroxyl groups is 1. The van der Waals surface area contributed by atoms with Gasteiger partial charge in [0.15, 0.2) is 0 Å². The Kier molecular flexibility index (Phi) is 13.5. The third kappa shape index (κ3) is 12.5. The molecule has 0 spiro atoms. The van der Waals surface area contributed by atoms with E-state index < -0.39 is 6.10 Å². The van der Waals surface area contributed by atoms with Crippen molar-refractivity contribution in [2.24, 2.45) is 0 Å². The zero-order valence-electron chi connectivity index (χ0n) is 13.9. The van der Waals surface area contributed by atoms with E-state index in [1.807, 2.05) is 6.92 Å². The average molecular weight is 299 g/mol. The second kappa shape index (κ2) is 14.1. The SMILES string of the molecule is CCCCCCCCC/C=C(\CCC(O)CCC)[N+](=O)[O-]. The van der Waals surface area contributed by atoms with Crippen LogP contribution < -0.4 is 0 Å². The van der Waals surface area contributed by atoms with Crippen molar-refractivity contribution < 1.29 is 10.0 Å². The maximum Gasteiger partial charge on any atom is 0.242 e. The van der Waals surface area contributed by atoms with Crippen LogP contribution in [-0.2, 0) is 0 Å². The van der Waals surface area contributed by atoms with Gasteiger partial charge in [0, 0.05) is 6.42 Å². The number of unbranched alkanes of at least 4 members (excludes halogenated alkanes) is 7. The highest BCUT2D eigenvalue weighted by Gasteiger charge is 2.12. The van der Waals surface area contributed by atoms with Crippen molar-refractivity contribution >= 4 is 0 Å². The highest BCUT2D eigenvalue weighted by atomic mass is 16.6. The molecule has 0 amide bonds. The van der Waals surface area contributed by atoms with Crippen molar-refractivity contribution in [3.05, 3.63) is 21.9 Å². The zero-order chi connectivity index (χ0) is 15.9. The molecule has 0 aromatic rings. The van der Waals surface area contributed by atoms with Crippen LogP contribution in [-0.4, -0.2) is 16.1 Å². The lowest BCUT2D eigenvalue weighted by molar-refractivity contribution is -0.428. The molecule has 124 valence electrons. The quantitative estimate of drug-likeness (QED) is 0.271. The Hall–Kier alpha value is -0.900. The van der Waals surface area contributed by atoms with Crippen molar-refractivity contribution in [3.63, 3.8) is 0 Å². The third-order valence-corrected chi connectivity index (χ3v) is 3.78. The lowest BCUT2D eigenvalue weighted by atomic mass is 10.1. The third-order valence-electron chi connectivity index (χ3n) is 3.78. The first kappa shape index (κ1) is 20.1. The Morgan fingerprint density at radius 3 is 2.24 bits per heavy atom. The van der Waals surface area contributed by atoms with E-state index in [9.17, 15) is 15.2 Å². The van der Waals surface area contributed by atoms with Crippen LogP contribution in [0.15, 0.2) is 11.8 Å². The fourth-order valence-corrected chi connectivity index (χ4v) is 2.43. The van der Waals surface area contributed by atoms with Gasteiger partial charge in [-0.15, -0.1) is 0 Å². The Bertz CT molecular complexity index is 290. The molecule has 1 atom stereocenters. The molecule has 0 fully saturated rings. The molecular formula is C17H33NO3. The molecule has 0 aliphatic heterocycles. The highest BCUT2D eigenvalue weighted by molar-refractivity contribution is 4.92. The van der Waals surface area contributed by atoms with E-state index in [2.05, 4.69) is 6.92 Å². The second-order valence-electron chi connectivity index (χ2n) is 5.84. The highest BCUT2D eigenvalue weighted by Crippen LogP contribution is 2.14. The van der Waals surface area contributed by atoms with Crippen LogP contribution in [0.5, 0.6) is 0 Å². The Morgan fingerprint density at radius 1 is 1.05 bits per heavy atom. The molecule has 0 bridgehead atoms. The van der Waals surface area contributed by atoms with Gasteiger partial charge in [-0.1, -0.05) is 58.8 Å². The molecule has 21 heavy (non-hydrogen) atoms. The van der Waals surface area contributed by atoms with Gasteiger partial charge in [-0.2, -0.15) is 0 Å². The summed E-state index contributed by atoms with van der Waals surface area (Å²) < 4.78 is 0. The van der Waals surface area contributed by atoms with Crippen molar-refractivity contribution in [1.82, 2.24) is 0 Å². The molecule has 0 heterocycles. The first-order valence-corrected chi connectivity index (χ1v) is 8.63. The summed E-state index contributed by atoms with van der Waals surface area (Å²) in [7, 11) is 0. The molecule has 4 heteroatoms. The minimum Gasteiger partial charge on any atom is -0.393 e. The molecule has 4 nitrogen and oxygen atoms in total. The van der Waals surface area contributed by atoms with Gasteiger partial charge in [0.2, 0.25) is 5.70 Å². The van der Waals surface area contributed by atoms with Crippen LogP contribution >= 0.6 is 0 Å². The molecule has 0 aliphatic rings. The Morgan fingerprint density at radius 2 is 1.67 bits per heavy atom. The molecule has 0 saturated heterocycles. The number of aliphatic hydroxyl groups excluding tert-OH is 1. The molecule has 0 aromatic carbocycles. The average Bonchev–Trinajstić information content (AvgIpc) is 2.44. The second-order valence-corrected chi connectivity index (χ2v) is 5.84. The van der Waals surface area contributed by atoms with Crippen molar-refractivity contribution in [3.8, 4) is 0 Å². The van der Waals surface area contributed by atoms with E-state index in [1.165, 1.54) is 32.1 Å². The summed E-state index contributed by atoms with van der Waals surface area (Å²) in [5.41, 5.74) is 0.274. The number of nitrogens with zero attached hydrogens (tertiary/aromatic N) is 1. The predicted molar refractivity (Wildman–Crippen MR) is 87.8 cm³/mol. The van der Waals surface area contributed by atoms with Gasteiger partial charge in [-0.3, -0.25) is 10.1 Å². The fraction of sp³-hybridized carbons (Fsp3) is 0.882. The normalized spacial score (nSPS) is 13.4. The van der Waals surface area contributed by atoms with Gasteiger partial charge in [-0.25, -0.2) is 0 Å². The summed E-state index contributed by atoms with van der Waals surface area (Å²) >= 11 is 0. The van der Waals surface area contributed by atoms with E-state index >= 15 is 0 Å². The maximum atomic E-state index is 11.0. The van der Waals surface area contributed by atoms with E-state index in [4.69, 9.17) is 0 Å². The number of allylic oxidation sites excluding steroid dienone is 2. The van der Waals surface area contributed by atoms with E-state index in [-0.39, 0.29) is 10.6 Å². The van der Waals surface area contributed by atoms with Crippen molar-refractivity contribution in [2.75, 3.05) is 0 Å². The molecular weight excluding hydrogens is 266 g/mol. The first-order valence-electron chi connectivity index (χ1n) is 8.63. The van der Waals surface area contributed by atoms with Gasteiger partial charge in [0.25, 0.3) is 0 Å². The number of hydrogen-bond donors (Lipinski definition) is 1. The minimum atomic E-state index is -0.406. The Labute approximate surface area is 129 Å². The monoisotopic (exact) mass is 299 g/mol. The maximum absolute atomic E-state index is 11.0. The summed E-state index contributed by atoms with van der Waals surface area (Å²) in [5, 5.41) is 20.6. The molecule has 0 radical (unpaired) electrons. The molecule has 0 aromatic heterocycles. The number of hydrogen-bond acceptors (Lipinski definition) is 3. The largest absolute Gasteiger partial charge is 0.393 e. The summed E-state index contributed by atoms with van der Waals surface area (Å²) in [6.07, 6.45) is 13.2. The van der Waals surface area contributed by atoms with Gasteiger partial charge in [-0.05, 0) is 31.8 Å². The summed E-state index contributed by atoms with van der Waals surface area (Å²) in [6, 6.07) is 0. The summed E-state index contributed by atoms with van der Waals surface area (Å²) in [5.74, 6) is 0. The van der Waals surface area contributed by atoms with Gasteiger partial charge in [0.05, 0.1) is 11.0 Å². The first-order chi connectivity index (χ1) is 10.1. The predicted octanol–water partition coefficient (Wildman–Crippen LogP) is 5.23. The van der Waals surface area contributed by atoms with Gasteiger partial charge in [0.1, 0.15) is 0 Å². The molecule has 0 saturated carbocycles. The van der Waals surface area contributed by atoms with Crippen LogP contribution in [0, 0.1) is 10.1 Å². The van der Waals surface area contributed by atoms with Crippen LogP contribution in [0.2, 0.25) is 0 Å². The van der Waals surface area contributed by atoms with Crippen LogP contribution in [0.3, 0.4) is 0 Å². The number of rotatable bonds is 14. The van der Waals surface area contributed by atoms with Crippen LogP contribution in [0.1, 0.15) is 90.9 Å².